The van der Waals surface area contributed by atoms with E-state index in [-0.39, 0.29) is 34.4 Å². The first kappa shape index (κ1) is 57.4. The van der Waals surface area contributed by atoms with Gasteiger partial charge in [-0.1, -0.05) is 185 Å². The Balaban J connectivity index is 1.01. The fraction of sp³-hybridized carbons (Fsp3) is 0.0617. The van der Waals surface area contributed by atoms with Crippen LogP contribution in [0, 0.1) is 46.5 Å². The number of ether oxygens (including phenoxy) is 2. The molecule has 3 aliphatic carbocycles. The van der Waals surface area contributed by atoms with Crippen LogP contribution in [0.5, 0.6) is 23.0 Å². The van der Waals surface area contributed by atoms with Gasteiger partial charge in [0.2, 0.25) is 0 Å². The highest BCUT2D eigenvalue weighted by Gasteiger charge is 2.53. The van der Waals surface area contributed by atoms with Gasteiger partial charge in [0.1, 0.15) is 23.0 Å². The molecular formula is C81H51F8NO2. The summed E-state index contributed by atoms with van der Waals surface area (Å²) in [6.07, 6.45) is 3.39. The van der Waals surface area contributed by atoms with Crippen LogP contribution in [0.1, 0.15) is 80.6 Å². The second-order valence-corrected chi connectivity index (χ2v) is 23.7. The lowest BCUT2D eigenvalue weighted by atomic mass is 9.67. The first-order chi connectivity index (χ1) is 44.6. The molecule has 0 radical (unpaired) electrons. The van der Waals surface area contributed by atoms with Crippen molar-refractivity contribution in [1.82, 2.24) is 0 Å². The molecule has 92 heavy (non-hydrogen) atoms. The lowest BCUT2D eigenvalue weighted by Crippen LogP contribution is -2.32. The zero-order chi connectivity index (χ0) is 63.5. The Hall–Kier alpha value is -11.0. The third kappa shape index (κ3) is 8.48. The Labute approximate surface area is 525 Å². The van der Waals surface area contributed by atoms with Crippen LogP contribution in [0.25, 0.3) is 45.5 Å². The Morgan fingerprint density at radius 3 is 1.05 bits per heavy atom. The van der Waals surface area contributed by atoms with Crippen LogP contribution < -0.4 is 14.4 Å². The van der Waals surface area contributed by atoms with Gasteiger partial charge in [-0.2, -0.15) is 0 Å². The van der Waals surface area contributed by atoms with Crippen LogP contribution in [0.4, 0.5) is 52.2 Å². The molecule has 0 bridgehead atoms. The number of benzene rings is 12. The molecule has 12 aromatic rings. The van der Waals surface area contributed by atoms with Crippen molar-refractivity contribution in [3.63, 3.8) is 0 Å². The zero-order valence-electron chi connectivity index (χ0n) is 49.4. The van der Waals surface area contributed by atoms with Crippen molar-refractivity contribution >= 4 is 29.2 Å². The molecule has 0 heterocycles. The summed E-state index contributed by atoms with van der Waals surface area (Å²) >= 11 is 0. The predicted molar refractivity (Wildman–Crippen MR) is 346 cm³/mol. The molecule has 2 atom stereocenters. The smallest absolute Gasteiger partial charge is 0.166 e. The van der Waals surface area contributed by atoms with Crippen molar-refractivity contribution in [1.29, 1.82) is 0 Å². The van der Waals surface area contributed by atoms with E-state index in [9.17, 15) is 0 Å². The Morgan fingerprint density at radius 2 is 0.663 bits per heavy atom. The van der Waals surface area contributed by atoms with Crippen LogP contribution in [0.2, 0.25) is 0 Å². The molecule has 3 aliphatic rings. The summed E-state index contributed by atoms with van der Waals surface area (Å²) in [6.45, 7) is 11.9. The Bertz CT molecular complexity index is 4730. The lowest BCUT2D eigenvalue weighted by Gasteiger charge is -2.37. The predicted octanol–water partition coefficient (Wildman–Crippen LogP) is 22.2. The molecule has 0 saturated carbocycles. The largest absolute Gasteiger partial charge is 0.457 e. The van der Waals surface area contributed by atoms with Gasteiger partial charge in [0.25, 0.3) is 0 Å². The second kappa shape index (κ2) is 21.6. The molecule has 0 aliphatic heterocycles. The summed E-state index contributed by atoms with van der Waals surface area (Å²) in [4.78, 5) is 1.94. The minimum atomic E-state index is -2.13. The third-order valence-electron chi connectivity index (χ3n) is 18.6. The normalized spacial score (nSPS) is 16.0. The molecule has 3 nitrogen and oxygen atoms in total. The minimum Gasteiger partial charge on any atom is -0.457 e. The van der Waals surface area contributed by atoms with Gasteiger partial charge >= 0.3 is 0 Å². The van der Waals surface area contributed by atoms with Crippen molar-refractivity contribution in [2.45, 2.75) is 30.1 Å². The van der Waals surface area contributed by atoms with Crippen LogP contribution in [-0.2, 0) is 16.2 Å². The van der Waals surface area contributed by atoms with Crippen LogP contribution in [0.15, 0.2) is 250 Å². The van der Waals surface area contributed by atoms with E-state index in [4.69, 9.17) is 9.47 Å². The van der Waals surface area contributed by atoms with Crippen molar-refractivity contribution in [3.8, 4) is 56.4 Å². The molecule has 0 spiro atoms. The van der Waals surface area contributed by atoms with Crippen molar-refractivity contribution in [3.05, 3.63) is 363 Å². The summed E-state index contributed by atoms with van der Waals surface area (Å²) in [6, 6.07) is 66.4. The molecule has 0 amide bonds. The highest BCUT2D eigenvalue weighted by Crippen LogP contribution is 2.63. The minimum absolute atomic E-state index is 0.194. The number of rotatable bonds is 13. The summed E-state index contributed by atoms with van der Waals surface area (Å²) in [5.74, 6) is -11.2. The van der Waals surface area contributed by atoms with Gasteiger partial charge in [-0.3, -0.25) is 0 Å². The van der Waals surface area contributed by atoms with E-state index in [2.05, 4.69) is 33.1 Å². The number of halogens is 8. The van der Waals surface area contributed by atoms with E-state index in [0.717, 1.165) is 33.4 Å². The number of anilines is 3. The topological polar surface area (TPSA) is 21.7 Å². The van der Waals surface area contributed by atoms with Gasteiger partial charge in [-0.25, -0.2) is 35.1 Å². The molecular weight excluding hydrogens is 1170 g/mol. The Morgan fingerprint density at radius 1 is 0.326 bits per heavy atom. The number of hydrogen-bond donors (Lipinski definition) is 0. The van der Waals surface area contributed by atoms with Crippen LogP contribution in [-0.4, -0.2) is 0 Å². The van der Waals surface area contributed by atoms with Gasteiger partial charge in [0.05, 0.1) is 16.5 Å². The van der Waals surface area contributed by atoms with Gasteiger partial charge in [-0.05, 0) is 168 Å². The maximum Gasteiger partial charge on any atom is 0.166 e. The summed E-state index contributed by atoms with van der Waals surface area (Å²) in [7, 11) is 0. The molecule has 11 heteroatoms. The van der Waals surface area contributed by atoms with Gasteiger partial charge in [-0.15, -0.1) is 0 Å². The fourth-order valence-electron chi connectivity index (χ4n) is 14.7. The van der Waals surface area contributed by atoms with E-state index < -0.39 is 73.9 Å². The van der Waals surface area contributed by atoms with Gasteiger partial charge in [0, 0.05) is 40.0 Å². The third-order valence-corrected chi connectivity index (χ3v) is 18.6. The first-order valence-corrected chi connectivity index (χ1v) is 29.8. The average Bonchev–Trinajstić information content (AvgIpc) is 1.51. The van der Waals surface area contributed by atoms with Gasteiger partial charge in [0.15, 0.2) is 46.5 Å². The zero-order valence-corrected chi connectivity index (χ0v) is 49.4. The van der Waals surface area contributed by atoms with Crippen molar-refractivity contribution < 1.29 is 44.6 Å². The molecule has 15 rings (SSSR count). The monoisotopic (exact) mass is 1220 g/mol. The molecule has 0 N–H and O–H groups in total. The van der Waals surface area contributed by atoms with E-state index >= 15 is 35.1 Å². The number of hydrogen-bond acceptors (Lipinski definition) is 3. The summed E-state index contributed by atoms with van der Waals surface area (Å²) < 4.78 is 148. The Kier molecular flexibility index (Phi) is 13.5. The van der Waals surface area contributed by atoms with E-state index in [1.807, 2.05) is 89.8 Å². The first-order valence-electron chi connectivity index (χ1n) is 29.8. The highest BCUT2D eigenvalue weighted by atomic mass is 19.2. The van der Waals surface area contributed by atoms with Crippen LogP contribution >= 0.6 is 0 Å². The summed E-state index contributed by atoms with van der Waals surface area (Å²) in [5, 5.41) is 0. The van der Waals surface area contributed by atoms with Crippen LogP contribution in [0.3, 0.4) is 0 Å². The molecule has 0 fully saturated rings. The van der Waals surface area contributed by atoms with Gasteiger partial charge < -0.3 is 14.4 Å². The van der Waals surface area contributed by atoms with Crippen molar-refractivity contribution in [2.75, 3.05) is 4.90 Å². The molecule has 12 aromatic carbocycles. The van der Waals surface area contributed by atoms with Crippen molar-refractivity contribution in [2.24, 2.45) is 0 Å². The maximum absolute atomic E-state index is 17.5. The molecule has 2 unspecified atom stereocenters. The highest BCUT2D eigenvalue weighted by molar-refractivity contribution is 5.95. The standard InChI is InChI=1S/C81H51F8NO2/c1-5-46-22-32-52(33-23-46)91-54-36-26-48(27-37-54)80(73-75(86)67(82)44-68(83)76(73)87)63-19-11-8-14-56(63)59-40-30-50(42-65(59)80)90(71-21-13-17-61-58-16-7-10-18-62(58)79(3,4)72(61)71)51-31-41-60-57-15-9-12-20-64(57)81(66(60)43-51,74-77(88)69(84)45-70(85)78(74)89)49-28-38-55(39-29-49)92-53-34-24-47(6-2)25-35-53/h5-45H,1-2H2,3-4H3. The number of nitrogens with zero attached hydrogens (tertiary/aromatic N) is 1. The molecule has 0 saturated heterocycles. The fourth-order valence-corrected chi connectivity index (χ4v) is 14.7. The van der Waals surface area contributed by atoms with E-state index in [1.165, 1.54) is 0 Å². The molecule has 0 aromatic heterocycles. The second-order valence-electron chi connectivity index (χ2n) is 23.7. The maximum atomic E-state index is 17.5. The van der Waals surface area contributed by atoms with E-state index in [1.54, 1.807) is 146 Å². The average molecular weight is 1220 g/mol. The SMILES string of the molecule is C=Cc1ccc(Oc2ccc(C3(c4c(F)c(F)cc(F)c4F)c4ccccc4-c4ccc(N(c5ccc6c(c5)C(c5ccc(Oc7ccc(C=C)cc7)cc5)(c5c(F)c(F)cc(F)c5F)c5ccccc5-6)c5cccc6c5C(C)(C)c5ccccc5-6)cc43)cc2)cc1. The molecule has 448 valence electrons. The summed E-state index contributed by atoms with van der Waals surface area (Å²) in [5.41, 5.74) is 3.72. The quantitative estimate of drug-likeness (QED) is 0.0848. The van der Waals surface area contributed by atoms with E-state index in [0.29, 0.717) is 73.4 Å². The lowest BCUT2D eigenvalue weighted by molar-refractivity contribution is 0.426. The number of fused-ring (bicyclic) bond motifs is 9.